The van der Waals surface area contributed by atoms with Crippen molar-refractivity contribution in [3.05, 3.63) is 23.8 Å². The van der Waals surface area contributed by atoms with Crippen molar-refractivity contribution in [1.82, 2.24) is 0 Å². The van der Waals surface area contributed by atoms with Crippen LogP contribution in [0, 0.1) is 17.6 Å². The van der Waals surface area contributed by atoms with Crippen LogP contribution in [0.3, 0.4) is 0 Å². The molecule has 1 fully saturated rings. The van der Waals surface area contributed by atoms with Crippen LogP contribution in [0.25, 0.3) is 0 Å². The molecule has 1 aromatic carbocycles. The van der Waals surface area contributed by atoms with Crippen LogP contribution in [-0.2, 0) is 0 Å². The third-order valence-corrected chi connectivity index (χ3v) is 3.25. The van der Waals surface area contributed by atoms with Gasteiger partial charge in [-0.15, -0.1) is 0 Å². The lowest BCUT2D eigenvalue weighted by Gasteiger charge is -2.27. The highest BCUT2D eigenvalue weighted by Crippen LogP contribution is 2.32. The first kappa shape index (κ1) is 12.1. The smallest absolute Gasteiger partial charge is 0.202 e. The molecular formula is C13H17F2NO. The van der Waals surface area contributed by atoms with Crippen molar-refractivity contribution in [2.45, 2.75) is 38.7 Å². The summed E-state index contributed by atoms with van der Waals surface area (Å²) in [7, 11) is 0. The molecule has 1 aliphatic rings. The van der Waals surface area contributed by atoms with Crippen LogP contribution in [0.5, 0.6) is 5.75 Å². The topological polar surface area (TPSA) is 35.2 Å². The standard InChI is InChI=1S/C13H17F2NO/c1-8-3-2-4-9(7-8)17-13-11(16)6-5-10(14)12(13)15/h5-6,8-9H,2-4,7,16H2,1H3. The molecule has 0 aliphatic heterocycles. The predicted octanol–water partition coefficient (Wildman–Crippen LogP) is 3.50. The zero-order chi connectivity index (χ0) is 12.4. The maximum Gasteiger partial charge on any atom is 0.202 e. The molecule has 2 unspecified atom stereocenters. The summed E-state index contributed by atoms with van der Waals surface area (Å²) in [5.74, 6) is -1.48. The largest absolute Gasteiger partial charge is 0.485 e. The van der Waals surface area contributed by atoms with E-state index in [9.17, 15) is 8.78 Å². The zero-order valence-corrected chi connectivity index (χ0v) is 9.88. The summed E-state index contributed by atoms with van der Waals surface area (Å²) in [4.78, 5) is 0. The minimum atomic E-state index is -0.983. The average molecular weight is 241 g/mol. The fourth-order valence-electron chi connectivity index (χ4n) is 2.32. The van der Waals surface area contributed by atoms with Gasteiger partial charge in [-0.3, -0.25) is 0 Å². The average Bonchev–Trinajstić information content (AvgIpc) is 2.30. The zero-order valence-electron chi connectivity index (χ0n) is 9.88. The summed E-state index contributed by atoms with van der Waals surface area (Å²) < 4.78 is 32.1. The maximum absolute atomic E-state index is 13.5. The summed E-state index contributed by atoms with van der Waals surface area (Å²) in [5.41, 5.74) is 5.77. The van der Waals surface area contributed by atoms with E-state index in [0.29, 0.717) is 5.92 Å². The Kier molecular flexibility index (Phi) is 3.50. The van der Waals surface area contributed by atoms with Crippen molar-refractivity contribution in [3.8, 4) is 5.75 Å². The summed E-state index contributed by atoms with van der Waals surface area (Å²) >= 11 is 0. The van der Waals surface area contributed by atoms with Crippen molar-refractivity contribution in [2.75, 3.05) is 5.73 Å². The van der Waals surface area contributed by atoms with Gasteiger partial charge in [0.25, 0.3) is 0 Å². The van der Waals surface area contributed by atoms with Crippen LogP contribution in [-0.4, -0.2) is 6.10 Å². The molecule has 0 radical (unpaired) electrons. The van der Waals surface area contributed by atoms with Gasteiger partial charge < -0.3 is 10.5 Å². The molecular weight excluding hydrogens is 224 g/mol. The van der Waals surface area contributed by atoms with Gasteiger partial charge in [-0.1, -0.05) is 13.3 Å². The number of hydrogen-bond donors (Lipinski definition) is 1. The lowest BCUT2D eigenvalue weighted by atomic mass is 9.89. The van der Waals surface area contributed by atoms with E-state index < -0.39 is 11.6 Å². The lowest BCUT2D eigenvalue weighted by Crippen LogP contribution is -2.25. The number of benzene rings is 1. The maximum atomic E-state index is 13.5. The van der Waals surface area contributed by atoms with Gasteiger partial charge in [0.05, 0.1) is 11.8 Å². The van der Waals surface area contributed by atoms with Crippen LogP contribution >= 0.6 is 0 Å². The molecule has 1 aliphatic carbocycles. The Morgan fingerprint density at radius 2 is 2.06 bits per heavy atom. The van der Waals surface area contributed by atoms with Crippen molar-refractivity contribution >= 4 is 5.69 Å². The molecule has 17 heavy (non-hydrogen) atoms. The van der Waals surface area contributed by atoms with Gasteiger partial charge in [-0.2, -0.15) is 4.39 Å². The second kappa shape index (κ2) is 4.90. The van der Waals surface area contributed by atoms with Gasteiger partial charge in [-0.25, -0.2) is 4.39 Å². The van der Waals surface area contributed by atoms with Crippen LogP contribution in [0.1, 0.15) is 32.6 Å². The van der Waals surface area contributed by atoms with Crippen molar-refractivity contribution in [2.24, 2.45) is 5.92 Å². The van der Waals surface area contributed by atoms with Crippen LogP contribution < -0.4 is 10.5 Å². The van der Waals surface area contributed by atoms with E-state index in [2.05, 4.69) is 6.92 Å². The highest BCUT2D eigenvalue weighted by molar-refractivity contribution is 5.53. The first-order valence-electron chi connectivity index (χ1n) is 5.98. The Balaban J connectivity index is 2.15. The van der Waals surface area contributed by atoms with Crippen molar-refractivity contribution in [1.29, 1.82) is 0 Å². The molecule has 2 atom stereocenters. The highest BCUT2D eigenvalue weighted by Gasteiger charge is 2.23. The number of nitrogen functional groups attached to an aromatic ring is 1. The minimum absolute atomic E-state index is 0.0580. The Morgan fingerprint density at radius 3 is 2.76 bits per heavy atom. The van der Waals surface area contributed by atoms with E-state index in [-0.39, 0.29) is 17.5 Å². The van der Waals surface area contributed by atoms with Gasteiger partial charge >= 0.3 is 0 Å². The first-order chi connectivity index (χ1) is 8.08. The number of anilines is 1. The first-order valence-corrected chi connectivity index (χ1v) is 5.98. The van der Waals surface area contributed by atoms with Gasteiger partial charge in [0.15, 0.2) is 11.6 Å². The summed E-state index contributed by atoms with van der Waals surface area (Å²) in [6.45, 7) is 2.14. The van der Waals surface area contributed by atoms with Crippen LogP contribution in [0.2, 0.25) is 0 Å². The summed E-state index contributed by atoms with van der Waals surface area (Å²) in [6.07, 6.45) is 3.91. The van der Waals surface area contributed by atoms with Gasteiger partial charge in [-0.05, 0) is 37.3 Å². The number of rotatable bonds is 2. The second-order valence-corrected chi connectivity index (χ2v) is 4.79. The van der Waals surface area contributed by atoms with E-state index in [1.54, 1.807) is 0 Å². The fourth-order valence-corrected chi connectivity index (χ4v) is 2.32. The normalized spacial score (nSPS) is 24.6. The number of nitrogens with two attached hydrogens (primary N) is 1. The summed E-state index contributed by atoms with van der Waals surface area (Å²) in [5, 5.41) is 0. The second-order valence-electron chi connectivity index (χ2n) is 4.79. The Bertz CT molecular complexity index is 409. The minimum Gasteiger partial charge on any atom is -0.485 e. The third kappa shape index (κ3) is 2.68. The molecule has 0 amide bonds. The molecule has 94 valence electrons. The van der Waals surface area contributed by atoms with E-state index in [1.807, 2.05) is 0 Å². The van der Waals surface area contributed by atoms with E-state index in [0.717, 1.165) is 25.3 Å². The molecule has 1 saturated carbocycles. The molecule has 0 aromatic heterocycles. The monoisotopic (exact) mass is 241 g/mol. The van der Waals surface area contributed by atoms with Crippen molar-refractivity contribution in [3.63, 3.8) is 0 Å². The number of ether oxygens (including phenoxy) is 1. The van der Waals surface area contributed by atoms with E-state index >= 15 is 0 Å². The van der Waals surface area contributed by atoms with Gasteiger partial charge in [0.2, 0.25) is 5.82 Å². The van der Waals surface area contributed by atoms with Crippen LogP contribution in [0.4, 0.5) is 14.5 Å². The molecule has 0 bridgehead atoms. The molecule has 0 saturated heterocycles. The number of halogens is 2. The summed E-state index contributed by atoms with van der Waals surface area (Å²) in [6, 6.07) is 2.35. The molecule has 0 heterocycles. The molecule has 2 N–H and O–H groups in total. The quantitative estimate of drug-likeness (QED) is 0.804. The van der Waals surface area contributed by atoms with Crippen molar-refractivity contribution < 1.29 is 13.5 Å². The van der Waals surface area contributed by atoms with Gasteiger partial charge in [0.1, 0.15) is 0 Å². The molecule has 2 rings (SSSR count). The predicted molar refractivity (Wildman–Crippen MR) is 62.8 cm³/mol. The molecule has 0 spiro atoms. The van der Waals surface area contributed by atoms with E-state index in [4.69, 9.17) is 10.5 Å². The molecule has 1 aromatic rings. The lowest BCUT2D eigenvalue weighted by molar-refractivity contribution is 0.124. The Hall–Kier alpha value is -1.32. The Labute approximate surface area is 99.8 Å². The van der Waals surface area contributed by atoms with Gasteiger partial charge in [0, 0.05) is 0 Å². The third-order valence-electron chi connectivity index (χ3n) is 3.25. The molecule has 4 heteroatoms. The SMILES string of the molecule is CC1CCCC(Oc2c(N)ccc(F)c2F)C1. The van der Waals surface area contributed by atoms with E-state index in [1.165, 1.54) is 12.5 Å². The fraction of sp³-hybridized carbons (Fsp3) is 0.538. The van der Waals surface area contributed by atoms with Crippen LogP contribution in [0.15, 0.2) is 12.1 Å². The molecule has 2 nitrogen and oxygen atoms in total. The Morgan fingerprint density at radius 1 is 1.29 bits per heavy atom. The highest BCUT2D eigenvalue weighted by atomic mass is 19.2. The number of hydrogen-bond acceptors (Lipinski definition) is 2.